The molecule has 0 bridgehead atoms. The summed E-state index contributed by atoms with van der Waals surface area (Å²) < 4.78 is 26.4. The summed E-state index contributed by atoms with van der Waals surface area (Å²) >= 11 is 0. The lowest BCUT2D eigenvalue weighted by Crippen LogP contribution is -2.31. The molecule has 0 spiro atoms. The molecule has 7 heteroatoms. The maximum Gasteiger partial charge on any atom is 0.288 e. The minimum Gasteiger partial charge on any atom is -0.497 e. The van der Waals surface area contributed by atoms with E-state index in [4.69, 9.17) is 9.15 Å². The third kappa shape index (κ3) is 3.47. The number of aromatic nitrogens is 2. The minimum absolute atomic E-state index is 0.151. The number of aryl methyl sites for hydroxylation is 2. The average molecular weight is 393 g/mol. The third-order valence-corrected chi connectivity index (χ3v) is 4.95. The van der Waals surface area contributed by atoms with Gasteiger partial charge in [0.1, 0.15) is 29.0 Å². The van der Waals surface area contributed by atoms with Crippen molar-refractivity contribution in [2.75, 3.05) is 7.11 Å². The molecule has 0 aliphatic carbocycles. The van der Waals surface area contributed by atoms with Crippen LogP contribution in [0.15, 0.2) is 59.3 Å². The van der Waals surface area contributed by atoms with Crippen LogP contribution in [0.4, 0.5) is 4.39 Å². The summed E-state index contributed by atoms with van der Waals surface area (Å²) in [7, 11) is 3.46. The summed E-state index contributed by atoms with van der Waals surface area (Å²) in [6, 6.07) is 11.1. The van der Waals surface area contributed by atoms with E-state index in [1.807, 2.05) is 42.1 Å². The first-order valence-corrected chi connectivity index (χ1v) is 9.08. The number of furan rings is 1. The molecular formula is C22H20FN3O3. The van der Waals surface area contributed by atoms with Crippen molar-refractivity contribution in [3.05, 3.63) is 83.4 Å². The van der Waals surface area contributed by atoms with Gasteiger partial charge in [-0.25, -0.2) is 9.37 Å². The van der Waals surface area contributed by atoms with Crippen LogP contribution in [-0.2, 0) is 7.05 Å². The Morgan fingerprint density at radius 2 is 2.00 bits per heavy atom. The van der Waals surface area contributed by atoms with E-state index in [-0.39, 0.29) is 11.6 Å². The van der Waals surface area contributed by atoms with Crippen LogP contribution >= 0.6 is 0 Å². The summed E-state index contributed by atoms with van der Waals surface area (Å²) in [5.41, 5.74) is 1.89. The van der Waals surface area contributed by atoms with Crippen LogP contribution in [0.5, 0.6) is 5.75 Å². The fourth-order valence-corrected chi connectivity index (χ4v) is 3.35. The van der Waals surface area contributed by atoms with E-state index >= 15 is 0 Å². The predicted octanol–water partition coefficient (Wildman–Crippen LogP) is 4.14. The maximum atomic E-state index is 13.6. The molecule has 4 aromatic rings. The molecule has 0 saturated heterocycles. The zero-order valence-electron chi connectivity index (χ0n) is 16.3. The van der Waals surface area contributed by atoms with Gasteiger partial charge in [0.05, 0.1) is 7.11 Å². The molecule has 1 amide bonds. The summed E-state index contributed by atoms with van der Waals surface area (Å²) in [5.74, 6) is 0.760. The molecular weight excluding hydrogens is 373 g/mol. The van der Waals surface area contributed by atoms with E-state index in [1.165, 1.54) is 18.2 Å². The molecule has 2 aromatic heterocycles. The number of nitrogens with one attached hydrogen (secondary N) is 1. The predicted molar refractivity (Wildman–Crippen MR) is 106 cm³/mol. The second-order valence-electron chi connectivity index (χ2n) is 6.77. The molecule has 0 saturated carbocycles. The first kappa shape index (κ1) is 18.7. The van der Waals surface area contributed by atoms with Crippen molar-refractivity contribution >= 4 is 16.9 Å². The fourth-order valence-electron chi connectivity index (χ4n) is 3.35. The number of rotatable bonds is 5. The molecule has 148 valence electrons. The summed E-state index contributed by atoms with van der Waals surface area (Å²) in [6.07, 6.45) is 3.49. The molecule has 2 aromatic carbocycles. The Morgan fingerprint density at radius 1 is 1.24 bits per heavy atom. The van der Waals surface area contributed by atoms with Gasteiger partial charge in [-0.2, -0.15) is 0 Å². The number of imidazole rings is 1. The molecule has 2 heterocycles. The van der Waals surface area contributed by atoms with Crippen molar-refractivity contribution in [1.29, 1.82) is 0 Å². The van der Waals surface area contributed by atoms with Crippen molar-refractivity contribution in [3.8, 4) is 5.75 Å². The average Bonchev–Trinajstić information content (AvgIpc) is 3.29. The maximum absolute atomic E-state index is 13.6. The molecule has 0 fully saturated rings. The normalized spacial score (nSPS) is 12.1. The van der Waals surface area contributed by atoms with Gasteiger partial charge in [-0.05, 0) is 42.8 Å². The van der Waals surface area contributed by atoms with E-state index in [0.29, 0.717) is 28.1 Å². The Hall–Kier alpha value is -3.61. The number of halogens is 1. The molecule has 1 N–H and O–H groups in total. The number of amides is 1. The second kappa shape index (κ2) is 7.43. The molecule has 29 heavy (non-hydrogen) atoms. The van der Waals surface area contributed by atoms with Crippen molar-refractivity contribution in [2.45, 2.75) is 13.0 Å². The molecule has 0 radical (unpaired) electrons. The number of benzene rings is 2. The Labute approximate surface area is 166 Å². The number of hydrogen-bond acceptors (Lipinski definition) is 4. The molecule has 0 aliphatic heterocycles. The van der Waals surface area contributed by atoms with Crippen molar-refractivity contribution in [2.24, 2.45) is 7.05 Å². The van der Waals surface area contributed by atoms with E-state index in [9.17, 15) is 9.18 Å². The zero-order chi connectivity index (χ0) is 20.5. The lowest BCUT2D eigenvalue weighted by molar-refractivity contribution is 0.0914. The smallest absolute Gasteiger partial charge is 0.288 e. The van der Waals surface area contributed by atoms with E-state index < -0.39 is 11.9 Å². The highest BCUT2D eigenvalue weighted by Crippen LogP contribution is 2.28. The molecule has 0 unspecified atom stereocenters. The van der Waals surface area contributed by atoms with Gasteiger partial charge in [-0.3, -0.25) is 4.79 Å². The first-order chi connectivity index (χ1) is 14.0. The van der Waals surface area contributed by atoms with Gasteiger partial charge in [-0.15, -0.1) is 0 Å². The second-order valence-corrected chi connectivity index (χ2v) is 6.77. The summed E-state index contributed by atoms with van der Waals surface area (Å²) in [6.45, 7) is 1.74. The molecule has 0 aliphatic rings. The highest BCUT2D eigenvalue weighted by molar-refractivity contribution is 5.99. The molecule has 4 rings (SSSR count). The van der Waals surface area contributed by atoms with Crippen molar-refractivity contribution < 1.29 is 18.3 Å². The number of ether oxygens (including phenoxy) is 1. The number of hydrogen-bond donors (Lipinski definition) is 1. The molecule has 1 atom stereocenters. The monoisotopic (exact) mass is 393 g/mol. The van der Waals surface area contributed by atoms with Gasteiger partial charge in [0.2, 0.25) is 0 Å². The largest absolute Gasteiger partial charge is 0.497 e. The van der Waals surface area contributed by atoms with Crippen LogP contribution < -0.4 is 10.1 Å². The Morgan fingerprint density at radius 3 is 2.66 bits per heavy atom. The first-order valence-electron chi connectivity index (χ1n) is 9.08. The van der Waals surface area contributed by atoms with Gasteiger partial charge in [0.25, 0.3) is 5.91 Å². The number of carbonyl (C=O) groups is 1. The van der Waals surface area contributed by atoms with Crippen LogP contribution in [0.3, 0.4) is 0 Å². The van der Waals surface area contributed by atoms with Gasteiger partial charge in [-0.1, -0.05) is 12.1 Å². The van der Waals surface area contributed by atoms with Crippen molar-refractivity contribution in [1.82, 2.24) is 14.9 Å². The number of carbonyl (C=O) groups excluding carboxylic acids is 1. The van der Waals surface area contributed by atoms with Crippen LogP contribution in [0.25, 0.3) is 11.0 Å². The van der Waals surface area contributed by atoms with Crippen LogP contribution in [-0.4, -0.2) is 22.6 Å². The van der Waals surface area contributed by atoms with E-state index in [1.54, 1.807) is 20.2 Å². The Kier molecular flexibility index (Phi) is 4.80. The van der Waals surface area contributed by atoms with Gasteiger partial charge in [0.15, 0.2) is 5.76 Å². The number of fused-ring (bicyclic) bond motifs is 1. The lowest BCUT2D eigenvalue weighted by Gasteiger charge is -2.19. The minimum atomic E-state index is -0.502. The van der Waals surface area contributed by atoms with Gasteiger partial charge in [0, 0.05) is 30.4 Å². The lowest BCUT2D eigenvalue weighted by atomic mass is 10.1. The van der Waals surface area contributed by atoms with Crippen LogP contribution in [0, 0.1) is 12.7 Å². The van der Waals surface area contributed by atoms with Gasteiger partial charge < -0.3 is 19.0 Å². The standard InChI is InChI=1S/C22H20FN3O3/c1-13-17-12-15(23)6-9-18(17)29-20(13)22(27)25-19(21-24-10-11-26(21)2)14-4-7-16(28-3)8-5-14/h4-12,19H,1-3H3,(H,25,27)/t19-/m0/s1. The third-order valence-electron chi connectivity index (χ3n) is 4.95. The van der Waals surface area contributed by atoms with Crippen LogP contribution in [0.2, 0.25) is 0 Å². The quantitative estimate of drug-likeness (QED) is 0.553. The van der Waals surface area contributed by atoms with Crippen LogP contribution in [0.1, 0.15) is 33.5 Å². The van der Waals surface area contributed by atoms with E-state index in [2.05, 4.69) is 10.3 Å². The highest BCUT2D eigenvalue weighted by atomic mass is 19.1. The SMILES string of the molecule is COc1ccc([C@H](NC(=O)c2oc3ccc(F)cc3c2C)c2nccn2C)cc1. The summed E-state index contributed by atoms with van der Waals surface area (Å²) in [4.78, 5) is 17.5. The highest BCUT2D eigenvalue weighted by Gasteiger charge is 2.25. The zero-order valence-corrected chi connectivity index (χ0v) is 16.3. The van der Waals surface area contributed by atoms with E-state index in [0.717, 1.165) is 5.56 Å². The fraction of sp³-hybridized carbons (Fsp3) is 0.182. The Bertz CT molecular complexity index is 1180. The molecule has 6 nitrogen and oxygen atoms in total. The topological polar surface area (TPSA) is 69.3 Å². The summed E-state index contributed by atoms with van der Waals surface area (Å²) in [5, 5.41) is 3.57. The number of methoxy groups -OCH3 is 1. The Balaban J connectivity index is 1.71. The van der Waals surface area contributed by atoms with Crippen molar-refractivity contribution in [3.63, 3.8) is 0 Å². The number of nitrogens with zero attached hydrogens (tertiary/aromatic N) is 2. The van der Waals surface area contributed by atoms with Gasteiger partial charge >= 0.3 is 0 Å².